The molecule has 0 unspecified atom stereocenters. The second-order valence-electron chi connectivity index (χ2n) is 4.37. The maximum Gasteiger partial charge on any atom is 0.281 e. The molecular formula is C15H19Br2NO4. The lowest BCUT2D eigenvalue weighted by Gasteiger charge is -2.29. The van der Waals surface area contributed by atoms with Crippen molar-refractivity contribution in [2.45, 2.75) is 19.6 Å². The average molecular weight is 437 g/mol. The van der Waals surface area contributed by atoms with Gasteiger partial charge in [0.2, 0.25) is 0 Å². The zero-order chi connectivity index (χ0) is 16.6. The van der Waals surface area contributed by atoms with Crippen molar-refractivity contribution in [3.05, 3.63) is 34.3 Å². The van der Waals surface area contributed by atoms with Gasteiger partial charge in [-0.1, -0.05) is 44.0 Å². The van der Waals surface area contributed by atoms with Gasteiger partial charge in [-0.3, -0.25) is 9.59 Å². The number of rotatable bonds is 9. The summed E-state index contributed by atoms with van der Waals surface area (Å²) >= 11 is 6.54. The van der Waals surface area contributed by atoms with Crippen LogP contribution in [0.3, 0.4) is 0 Å². The number of ether oxygens (including phenoxy) is 2. The van der Waals surface area contributed by atoms with Gasteiger partial charge in [0.05, 0.1) is 11.9 Å². The largest absolute Gasteiger partial charge is 0.344 e. The highest BCUT2D eigenvalue weighted by Crippen LogP contribution is 2.17. The number of alkyl halides is 1. The van der Waals surface area contributed by atoms with Gasteiger partial charge in [0.1, 0.15) is 0 Å². The average Bonchev–Trinajstić information content (AvgIpc) is 2.51. The predicted molar refractivity (Wildman–Crippen MR) is 91.3 cm³/mol. The van der Waals surface area contributed by atoms with Gasteiger partial charge in [-0.15, -0.1) is 0 Å². The van der Waals surface area contributed by atoms with Crippen molar-refractivity contribution in [1.82, 2.24) is 5.32 Å². The second-order valence-corrected chi connectivity index (χ2v) is 5.85. The lowest BCUT2D eigenvalue weighted by molar-refractivity contribution is -0.215. The van der Waals surface area contributed by atoms with Crippen LogP contribution in [0.5, 0.6) is 0 Å². The summed E-state index contributed by atoms with van der Waals surface area (Å²) in [4.78, 5) is 24.4. The molecule has 0 aliphatic heterocycles. The van der Waals surface area contributed by atoms with E-state index in [2.05, 4.69) is 37.2 Å². The van der Waals surface area contributed by atoms with Crippen molar-refractivity contribution in [3.8, 4) is 0 Å². The first-order valence-corrected chi connectivity index (χ1v) is 8.81. The first-order valence-electron chi connectivity index (χ1n) is 6.90. The number of halogens is 2. The van der Waals surface area contributed by atoms with Gasteiger partial charge in [0.15, 0.2) is 5.78 Å². The van der Waals surface area contributed by atoms with Gasteiger partial charge in [-0.25, -0.2) is 0 Å². The minimum absolute atomic E-state index is 0.121. The molecule has 122 valence electrons. The minimum Gasteiger partial charge on any atom is -0.344 e. The fourth-order valence-electron chi connectivity index (χ4n) is 1.84. The second kappa shape index (κ2) is 9.39. The Morgan fingerprint density at radius 3 is 2.36 bits per heavy atom. The molecule has 0 heterocycles. The first-order chi connectivity index (χ1) is 10.5. The lowest BCUT2D eigenvalue weighted by atomic mass is 10.1. The third kappa shape index (κ3) is 5.15. The van der Waals surface area contributed by atoms with Crippen molar-refractivity contribution in [2.24, 2.45) is 0 Å². The van der Waals surface area contributed by atoms with Crippen molar-refractivity contribution >= 4 is 43.6 Å². The molecule has 1 aromatic carbocycles. The summed E-state index contributed by atoms with van der Waals surface area (Å²) in [7, 11) is 0. The van der Waals surface area contributed by atoms with Crippen LogP contribution in [0.15, 0.2) is 28.7 Å². The van der Waals surface area contributed by atoms with E-state index in [1.807, 2.05) is 6.07 Å². The summed E-state index contributed by atoms with van der Waals surface area (Å²) in [5.74, 6) is -2.08. The van der Waals surface area contributed by atoms with Gasteiger partial charge in [-0.05, 0) is 26.0 Å². The standard InChI is InChI=1S/C15H19Br2NO4/c1-3-21-15(10-16,22-4-2)14(20)18-9-13(19)11-6-5-7-12(17)8-11/h5-8H,3-4,9-10H2,1-2H3,(H,18,20). The molecule has 0 radical (unpaired) electrons. The molecule has 5 nitrogen and oxygen atoms in total. The van der Waals surface area contributed by atoms with E-state index in [-0.39, 0.29) is 17.7 Å². The van der Waals surface area contributed by atoms with Crippen LogP contribution in [0.25, 0.3) is 0 Å². The zero-order valence-electron chi connectivity index (χ0n) is 12.5. The summed E-state index contributed by atoms with van der Waals surface area (Å²) in [5, 5.41) is 2.76. The van der Waals surface area contributed by atoms with E-state index in [1.165, 1.54) is 0 Å². The quantitative estimate of drug-likeness (QED) is 0.367. The van der Waals surface area contributed by atoms with Crippen molar-refractivity contribution in [2.75, 3.05) is 25.1 Å². The first kappa shape index (κ1) is 19.3. The number of hydrogen-bond donors (Lipinski definition) is 1. The third-order valence-electron chi connectivity index (χ3n) is 2.83. The molecule has 1 amide bonds. The number of carbonyl (C=O) groups is 2. The minimum atomic E-state index is -1.42. The van der Waals surface area contributed by atoms with Crippen molar-refractivity contribution in [1.29, 1.82) is 0 Å². The van der Waals surface area contributed by atoms with E-state index in [0.717, 1.165) is 4.47 Å². The molecule has 7 heteroatoms. The molecule has 0 aromatic heterocycles. The third-order valence-corrected chi connectivity index (χ3v) is 4.06. The Hall–Kier alpha value is -0.760. The highest BCUT2D eigenvalue weighted by Gasteiger charge is 2.39. The Morgan fingerprint density at radius 1 is 1.23 bits per heavy atom. The van der Waals surface area contributed by atoms with Crippen molar-refractivity contribution < 1.29 is 19.1 Å². The number of hydrogen-bond acceptors (Lipinski definition) is 4. The van der Waals surface area contributed by atoms with Gasteiger partial charge in [0, 0.05) is 23.2 Å². The van der Waals surface area contributed by atoms with Gasteiger partial charge in [0.25, 0.3) is 11.7 Å². The molecule has 0 aliphatic carbocycles. The van der Waals surface area contributed by atoms with E-state index in [4.69, 9.17) is 9.47 Å². The molecule has 0 saturated carbocycles. The molecule has 1 N–H and O–H groups in total. The lowest BCUT2D eigenvalue weighted by Crippen LogP contribution is -2.53. The van der Waals surface area contributed by atoms with Gasteiger partial charge in [-0.2, -0.15) is 0 Å². The number of nitrogens with one attached hydrogen (secondary N) is 1. The maximum atomic E-state index is 12.3. The van der Waals surface area contributed by atoms with Crippen LogP contribution >= 0.6 is 31.9 Å². The summed E-state index contributed by atoms with van der Waals surface area (Å²) in [5.41, 5.74) is 0.520. The summed E-state index contributed by atoms with van der Waals surface area (Å²) in [6, 6.07) is 7.00. The molecule has 1 rings (SSSR count). The molecule has 22 heavy (non-hydrogen) atoms. The Morgan fingerprint density at radius 2 is 1.86 bits per heavy atom. The Bertz CT molecular complexity index is 516. The SMILES string of the molecule is CCOC(CBr)(OCC)C(=O)NCC(=O)c1cccc(Br)c1. The molecule has 0 spiro atoms. The van der Waals surface area contributed by atoms with Crippen molar-refractivity contribution in [3.63, 3.8) is 0 Å². The van der Waals surface area contributed by atoms with E-state index in [9.17, 15) is 9.59 Å². The number of amides is 1. The topological polar surface area (TPSA) is 64.6 Å². The van der Waals surface area contributed by atoms with Gasteiger partial charge >= 0.3 is 0 Å². The molecule has 0 aliphatic rings. The van der Waals surface area contributed by atoms with Crippen LogP contribution in [-0.4, -0.2) is 42.6 Å². The number of benzene rings is 1. The fourth-order valence-corrected chi connectivity index (χ4v) is 2.81. The molecule has 0 atom stereocenters. The highest BCUT2D eigenvalue weighted by molar-refractivity contribution is 9.10. The Labute approximate surface area is 147 Å². The molecule has 0 fully saturated rings. The molecule has 0 saturated heterocycles. The van der Waals surface area contributed by atoms with E-state index in [0.29, 0.717) is 18.8 Å². The smallest absolute Gasteiger partial charge is 0.281 e. The van der Waals surface area contributed by atoms with Crippen LogP contribution in [0.1, 0.15) is 24.2 Å². The number of carbonyl (C=O) groups excluding carboxylic acids is 2. The van der Waals surface area contributed by atoms with Crippen LogP contribution in [-0.2, 0) is 14.3 Å². The van der Waals surface area contributed by atoms with Crippen LogP contribution in [0.2, 0.25) is 0 Å². The van der Waals surface area contributed by atoms with Crippen LogP contribution < -0.4 is 5.32 Å². The zero-order valence-corrected chi connectivity index (χ0v) is 15.7. The Kier molecular flexibility index (Phi) is 8.24. The molecule has 0 bridgehead atoms. The maximum absolute atomic E-state index is 12.3. The Balaban J connectivity index is 2.72. The number of ketones is 1. The van der Waals surface area contributed by atoms with Gasteiger partial charge < -0.3 is 14.8 Å². The summed E-state index contributed by atoms with van der Waals surface area (Å²) in [6.45, 7) is 4.06. The van der Waals surface area contributed by atoms with Crippen LogP contribution in [0.4, 0.5) is 0 Å². The normalized spacial score (nSPS) is 11.3. The van der Waals surface area contributed by atoms with Crippen LogP contribution in [0, 0.1) is 0 Å². The predicted octanol–water partition coefficient (Wildman–Crippen LogP) is 2.91. The summed E-state index contributed by atoms with van der Waals surface area (Å²) in [6.07, 6.45) is 0. The summed E-state index contributed by atoms with van der Waals surface area (Å²) < 4.78 is 11.7. The van der Waals surface area contributed by atoms with E-state index < -0.39 is 11.7 Å². The monoisotopic (exact) mass is 435 g/mol. The molecular weight excluding hydrogens is 418 g/mol. The number of Topliss-reactive ketones (excluding diaryl/α,β-unsaturated/α-hetero) is 1. The highest BCUT2D eigenvalue weighted by atomic mass is 79.9. The molecule has 1 aromatic rings. The fraction of sp³-hybridized carbons (Fsp3) is 0.467. The van der Waals surface area contributed by atoms with E-state index >= 15 is 0 Å². The van der Waals surface area contributed by atoms with E-state index in [1.54, 1.807) is 32.0 Å².